The molecule has 0 amide bonds. The summed E-state index contributed by atoms with van der Waals surface area (Å²) in [5.41, 5.74) is 3.35. The Kier molecular flexibility index (Phi) is 5.60. The van der Waals surface area contributed by atoms with E-state index in [2.05, 4.69) is 18.2 Å². The van der Waals surface area contributed by atoms with E-state index < -0.39 is 0 Å². The highest BCUT2D eigenvalue weighted by Gasteiger charge is 2.29. The van der Waals surface area contributed by atoms with Crippen molar-refractivity contribution in [3.63, 3.8) is 0 Å². The highest BCUT2D eigenvalue weighted by Crippen LogP contribution is 2.30. The van der Waals surface area contributed by atoms with Gasteiger partial charge in [-0.05, 0) is 59.6 Å². The van der Waals surface area contributed by atoms with Crippen LogP contribution >= 0.6 is 0 Å². The Morgan fingerprint density at radius 1 is 0.955 bits per heavy atom. The molecule has 0 bridgehead atoms. The largest absolute Gasteiger partial charge is 0.496 e. The van der Waals surface area contributed by atoms with Crippen molar-refractivity contribution in [1.29, 1.82) is 5.26 Å². The molecule has 3 rings (SSSR count). The third kappa shape index (κ3) is 3.75. The van der Waals surface area contributed by atoms with Crippen LogP contribution in [0.3, 0.4) is 0 Å². The molecule has 22 heavy (non-hydrogen) atoms. The SMILES string of the molecule is COc1cc(C[S+]2CCCC2)c(C#N)cc1C[S+]1CCCC1. The molecule has 0 N–H and O–H groups in total. The van der Waals surface area contributed by atoms with Crippen LogP contribution in [0.15, 0.2) is 12.1 Å². The van der Waals surface area contributed by atoms with Crippen LogP contribution in [0.1, 0.15) is 42.4 Å². The van der Waals surface area contributed by atoms with E-state index in [0.717, 1.165) is 22.8 Å². The number of hydrogen-bond acceptors (Lipinski definition) is 2. The van der Waals surface area contributed by atoms with E-state index in [1.807, 2.05) is 0 Å². The number of hydrogen-bond donors (Lipinski definition) is 0. The van der Waals surface area contributed by atoms with Crippen molar-refractivity contribution in [3.8, 4) is 11.8 Å². The van der Waals surface area contributed by atoms with Crippen LogP contribution in [0.5, 0.6) is 5.75 Å². The van der Waals surface area contributed by atoms with Crippen LogP contribution < -0.4 is 4.74 Å². The van der Waals surface area contributed by atoms with Gasteiger partial charge in [0.2, 0.25) is 0 Å². The molecule has 118 valence electrons. The van der Waals surface area contributed by atoms with E-state index in [9.17, 15) is 5.26 Å². The molecule has 0 saturated carbocycles. The first-order valence-electron chi connectivity index (χ1n) is 8.18. The van der Waals surface area contributed by atoms with E-state index in [0.29, 0.717) is 21.8 Å². The van der Waals surface area contributed by atoms with Crippen LogP contribution in [0, 0.1) is 11.3 Å². The quantitative estimate of drug-likeness (QED) is 0.773. The number of benzene rings is 1. The van der Waals surface area contributed by atoms with Crippen LogP contribution in [-0.4, -0.2) is 30.1 Å². The third-order valence-corrected chi connectivity index (χ3v) is 9.48. The van der Waals surface area contributed by atoms with Gasteiger partial charge in [0, 0.05) is 11.1 Å². The van der Waals surface area contributed by atoms with E-state index in [4.69, 9.17) is 4.74 Å². The van der Waals surface area contributed by atoms with Gasteiger partial charge >= 0.3 is 0 Å². The minimum absolute atomic E-state index is 0.484. The van der Waals surface area contributed by atoms with Crippen molar-refractivity contribution in [2.24, 2.45) is 0 Å². The molecule has 0 atom stereocenters. The van der Waals surface area contributed by atoms with Crippen LogP contribution in [-0.2, 0) is 33.3 Å². The number of ether oxygens (including phenoxy) is 1. The Labute approximate surface area is 139 Å². The summed E-state index contributed by atoms with van der Waals surface area (Å²) < 4.78 is 5.66. The topological polar surface area (TPSA) is 33.0 Å². The van der Waals surface area contributed by atoms with Crippen molar-refractivity contribution in [1.82, 2.24) is 0 Å². The lowest BCUT2D eigenvalue weighted by Crippen LogP contribution is -2.11. The maximum atomic E-state index is 9.56. The predicted octanol–water partition coefficient (Wildman–Crippen LogP) is 3.39. The van der Waals surface area contributed by atoms with Gasteiger partial charge in [0.25, 0.3) is 0 Å². The summed E-state index contributed by atoms with van der Waals surface area (Å²) in [7, 11) is 2.75. The average molecular weight is 336 g/mol. The fourth-order valence-corrected chi connectivity index (χ4v) is 8.13. The van der Waals surface area contributed by atoms with E-state index >= 15 is 0 Å². The Balaban J connectivity index is 1.82. The van der Waals surface area contributed by atoms with Crippen molar-refractivity contribution in [2.45, 2.75) is 37.2 Å². The normalized spacial score (nSPS) is 19.5. The van der Waals surface area contributed by atoms with E-state index in [-0.39, 0.29) is 0 Å². The Morgan fingerprint density at radius 3 is 2.00 bits per heavy atom. The van der Waals surface area contributed by atoms with Gasteiger partial charge in [-0.2, -0.15) is 5.26 Å². The lowest BCUT2D eigenvalue weighted by molar-refractivity contribution is 0.411. The summed E-state index contributed by atoms with van der Waals surface area (Å²) in [5.74, 6) is 8.59. The molecule has 2 fully saturated rings. The lowest BCUT2D eigenvalue weighted by Gasteiger charge is -2.12. The monoisotopic (exact) mass is 335 g/mol. The fourth-order valence-electron chi connectivity index (χ4n) is 3.35. The summed E-state index contributed by atoms with van der Waals surface area (Å²) >= 11 is 0. The lowest BCUT2D eigenvalue weighted by atomic mass is 10.1. The molecule has 1 aromatic rings. The maximum Gasteiger partial charge on any atom is 0.136 e. The predicted molar refractivity (Wildman–Crippen MR) is 97.8 cm³/mol. The van der Waals surface area contributed by atoms with Gasteiger partial charge in [-0.1, -0.05) is 0 Å². The highest BCUT2D eigenvalue weighted by atomic mass is 32.2. The number of nitriles is 1. The highest BCUT2D eigenvalue weighted by molar-refractivity contribution is 7.96. The van der Waals surface area contributed by atoms with Crippen LogP contribution in [0.25, 0.3) is 0 Å². The van der Waals surface area contributed by atoms with Gasteiger partial charge in [-0.3, -0.25) is 0 Å². The fraction of sp³-hybridized carbons (Fsp3) is 0.611. The molecule has 0 aliphatic carbocycles. The zero-order valence-corrected chi connectivity index (χ0v) is 15.0. The second-order valence-corrected chi connectivity index (χ2v) is 10.8. The van der Waals surface area contributed by atoms with Crippen molar-refractivity contribution < 1.29 is 4.74 Å². The smallest absolute Gasteiger partial charge is 0.136 e. The summed E-state index contributed by atoms with van der Waals surface area (Å²) in [6.07, 6.45) is 5.47. The van der Waals surface area contributed by atoms with Crippen molar-refractivity contribution in [3.05, 3.63) is 28.8 Å². The number of nitrogens with zero attached hydrogens (tertiary/aromatic N) is 1. The minimum atomic E-state index is 0.484. The summed E-state index contributed by atoms with van der Waals surface area (Å²) in [5, 5.41) is 9.56. The second-order valence-electron chi connectivity index (χ2n) is 6.18. The van der Waals surface area contributed by atoms with Crippen molar-refractivity contribution >= 4 is 21.8 Å². The molecule has 1 aromatic carbocycles. The van der Waals surface area contributed by atoms with Gasteiger partial charge in [0.05, 0.1) is 18.7 Å². The van der Waals surface area contributed by atoms with Crippen LogP contribution in [0.4, 0.5) is 0 Å². The average Bonchev–Trinajstić information content (AvgIpc) is 3.22. The summed E-state index contributed by atoms with van der Waals surface area (Å²) in [6, 6.07) is 6.73. The first kappa shape index (κ1) is 16.1. The Bertz CT molecular complexity index is 555. The molecule has 2 aliphatic heterocycles. The van der Waals surface area contributed by atoms with Gasteiger partial charge in [-0.25, -0.2) is 0 Å². The van der Waals surface area contributed by atoms with E-state index in [1.165, 1.54) is 59.8 Å². The molecule has 2 saturated heterocycles. The molecule has 0 spiro atoms. The summed E-state index contributed by atoms with van der Waals surface area (Å²) in [6.45, 7) is 0. The van der Waals surface area contributed by atoms with Gasteiger partial charge in [0.1, 0.15) is 40.3 Å². The van der Waals surface area contributed by atoms with Crippen LogP contribution in [0.2, 0.25) is 0 Å². The minimum Gasteiger partial charge on any atom is -0.496 e. The molecule has 2 heterocycles. The first-order chi connectivity index (χ1) is 10.8. The molecule has 0 aromatic heterocycles. The molecule has 0 radical (unpaired) electrons. The molecule has 2 nitrogen and oxygen atoms in total. The van der Waals surface area contributed by atoms with Gasteiger partial charge in [0.15, 0.2) is 0 Å². The molecular weight excluding hydrogens is 310 g/mol. The van der Waals surface area contributed by atoms with Gasteiger partial charge < -0.3 is 4.74 Å². The first-order valence-corrected chi connectivity index (χ1v) is 11.6. The Morgan fingerprint density at radius 2 is 1.50 bits per heavy atom. The summed E-state index contributed by atoms with van der Waals surface area (Å²) in [4.78, 5) is 0. The number of rotatable bonds is 5. The van der Waals surface area contributed by atoms with Gasteiger partial charge in [-0.15, -0.1) is 0 Å². The maximum absolute atomic E-state index is 9.56. The number of methoxy groups -OCH3 is 1. The van der Waals surface area contributed by atoms with E-state index in [1.54, 1.807) is 7.11 Å². The Hall–Kier alpha value is -0.790. The second kappa shape index (κ2) is 7.66. The zero-order chi connectivity index (χ0) is 15.4. The molecule has 4 heteroatoms. The zero-order valence-electron chi connectivity index (χ0n) is 13.4. The molecule has 0 unspecified atom stereocenters. The van der Waals surface area contributed by atoms with Crippen molar-refractivity contribution in [2.75, 3.05) is 30.1 Å². The molecular formula is C18H25NOS2+2. The standard InChI is InChI=1S/C18H25NOS2/c1-20-18-11-16(13-21-6-2-3-7-21)15(12-19)10-17(18)14-22-8-4-5-9-22/h10-11H,2-9,13-14H2,1H3/q+2. The third-order valence-electron chi connectivity index (χ3n) is 4.58. The molecule has 2 aliphatic rings.